The van der Waals surface area contributed by atoms with E-state index in [1.54, 1.807) is 13.0 Å². The van der Waals surface area contributed by atoms with E-state index in [-0.39, 0.29) is 25.3 Å². The van der Waals surface area contributed by atoms with Crippen LogP contribution in [0.3, 0.4) is 0 Å². The van der Waals surface area contributed by atoms with Crippen LogP contribution in [-0.4, -0.2) is 42.9 Å². The molecule has 2 N–H and O–H groups in total. The number of nitrogens with zero attached hydrogens (tertiary/aromatic N) is 1. The van der Waals surface area contributed by atoms with Crippen LogP contribution in [0, 0.1) is 11.6 Å². The van der Waals surface area contributed by atoms with Crippen LogP contribution < -0.4 is 5.32 Å². The Hall–Kier alpha value is -2.04. The maximum atomic E-state index is 13.6. The number of carbonyl (C=O) groups is 1. The standard InChI is InChI=1S/C17H22F2N2O5S/c1-2-26-17(22)10-20-16(12-7-13(18)9-14(19)8-12)11-21(27(23,24)25)15-5-3-4-6-15/h5,7-9,16,20H,2-4,6,10-11H2,1H3,(H,23,24,25)/t16-/m0/s1. The number of nitrogens with one attached hydrogen (secondary N) is 1. The van der Waals surface area contributed by atoms with Crippen LogP contribution in [0.25, 0.3) is 0 Å². The van der Waals surface area contributed by atoms with Crippen molar-refractivity contribution in [3.63, 3.8) is 0 Å². The van der Waals surface area contributed by atoms with Gasteiger partial charge in [0.15, 0.2) is 0 Å². The maximum Gasteiger partial charge on any atom is 0.359 e. The Morgan fingerprint density at radius 1 is 1.33 bits per heavy atom. The highest BCUT2D eigenvalue weighted by Gasteiger charge is 2.28. The van der Waals surface area contributed by atoms with Crippen molar-refractivity contribution in [2.45, 2.75) is 32.2 Å². The second kappa shape index (κ2) is 9.25. The van der Waals surface area contributed by atoms with Crippen LogP contribution in [0.1, 0.15) is 37.8 Å². The second-order valence-electron chi connectivity index (χ2n) is 6.04. The highest BCUT2D eigenvalue weighted by Crippen LogP contribution is 2.27. The Labute approximate surface area is 156 Å². The Bertz CT molecular complexity index is 793. The summed E-state index contributed by atoms with van der Waals surface area (Å²) < 4.78 is 66.1. The van der Waals surface area contributed by atoms with E-state index in [0.717, 1.165) is 22.9 Å². The summed E-state index contributed by atoms with van der Waals surface area (Å²) >= 11 is 0. The van der Waals surface area contributed by atoms with Crippen molar-refractivity contribution in [3.8, 4) is 0 Å². The van der Waals surface area contributed by atoms with Crippen molar-refractivity contribution in [1.29, 1.82) is 0 Å². The summed E-state index contributed by atoms with van der Waals surface area (Å²) in [6.07, 6.45) is 3.53. The number of allylic oxidation sites excluding steroid dienone is 2. The average molecular weight is 404 g/mol. The van der Waals surface area contributed by atoms with E-state index >= 15 is 0 Å². The quantitative estimate of drug-likeness (QED) is 0.485. The lowest BCUT2D eigenvalue weighted by molar-refractivity contribution is -0.142. The lowest BCUT2D eigenvalue weighted by Gasteiger charge is -2.28. The van der Waals surface area contributed by atoms with Gasteiger partial charge in [-0.15, -0.1) is 0 Å². The summed E-state index contributed by atoms with van der Waals surface area (Å²) in [6.45, 7) is 1.15. The highest BCUT2D eigenvalue weighted by molar-refractivity contribution is 7.83. The molecule has 0 saturated carbocycles. The third-order valence-corrected chi connectivity index (χ3v) is 4.99. The SMILES string of the molecule is CCOC(=O)CN[C@@H](CN(C1=CCCC1)S(=O)(=O)O)c1cc(F)cc(F)c1. The Morgan fingerprint density at radius 3 is 2.52 bits per heavy atom. The van der Waals surface area contributed by atoms with Crippen LogP contribution in [-0.2, 0) is 19.8 Å². The number of hydrogen-bond acceptors (Lipinski definition) is 5. The molecule has 2 rings (SSSR count). The molecule has 27 heavy (non-hydrogen) atoms. The van der Waals surface area contributed by atoms with E-state index in [1.165, 1.54) is 0 Å². The second-order valence-corrected chi connectivity index (χ2v) is 7.37. The largest absolute Gasteiger partial charge is 0.465 e. The number of esters is 1. The Kier molecular flexibility index (Phi) is 7.28. The fourth-order valence-electron chi connectivity index (χ4n) is 2.89. The van der Waals surface area contributed by atoms with Crippen LogP contribution in [0.15, 0.2) is 30.0 Å². The summed E-state index contributed by atoms with van der Waals surface area (Å²) in [5.41, 5.74) is 0.501. The van der Waals surface area contributed by atoms with Crippen LogP contribution in [0.5, 0.6) is 0 Å². The maximum absolute atomic E-state index is 13.6. The first-order valence-corrected chi connectivity index (χ1v) is 9.89. The summed E-state index contributed by atoms with van der Waals surface area (Å²) in [4.78, 5) is 11.6. The number of carbonyl (C=O) groups excluding carboxylic acids is 1. The van der Waals surface area contributed by atoms with Gasteiger partial charge < -0.3 is 4.74 Å². The Balaban J connectivity index is 2.30. The van der Waals surface area contributed by atoms with Crippen molar-refractivity contribution in [1.82, 2.24) is 9.62 Å². The zero-order valence-electron chi connectivity index (χ0n) is 14.8. The van der Waals surface area contributed by atoms with Gasteiger partial charge in [0.2, 0.25) is 0 Å². The van der Waals surface area contributed by atoms with E-state index in [0.29, 0.717) is 24.6 Å². The molecule has 0 aromatic heterocycles. The van der Waals surface area contributed by atoms with Gasteiger partial charge in [0.05, 0.1) is 25.7 Å². The summed E-state index contributed by atoms with van der Waals surface area (Å²) in [5, 5.41) is 2.75. The van der Waals surface area contributed by atoms with E-state index in [9.17, 15) is 26.5 Å². The Morgan fingerprint density at radius 2 is 2.00 bits per heavy atom. The normalized spacial score (nSPS) is 15.3. The molecule has 1 aliphatic rings. The molecule has 0 spiro atoms. The summed E-state index contributed by atoms with van der Waals surface area (Å²) in [7, 11) is -4.60. The third kappa shape index (κ3) is 6.26. The highest BCUT2D eigenvalue weighted by atomic mass is 32.2. The first kappa shape index (κ1) is 21.3. The van der Waals surface area contributed by atoms with E-state index in [1.807, 2.05) is 0 Å². The van der Waals surface area contributed by atoms with Gasteiger partial charge in [-0.3, -0.25) is 19.0 Å². The van der Waals surface area contributed by atoms with Gasteiger partial charge in [0, 0.05) is 11.8 Å². The van der Waals surface area contributed by atoms with Crippen LogP contribution >= 0.6 is 0 Å². The topological polar surface area (TPSA) is 95.9 Å². The number of ether oxygens (including phenoxy) is 1. The minimum Gasteiger partial charge on any atom is -0.465 e. The van der Waals surface area contributed by atoms with E-state index < -0.39 is 33.9 Å². The van der Waals surface area contributed by atoms with Gasteiger partial charge in [0.25, 0.3) is 0 Å². The molecule has 10 heteroatoms. The molecule has 0 bridgehead atoms. The molecule has 0 fully saturated rings. The molecule has 0 heterocycles. The minimum atomic E-state index is -4.60. The zero-order chi connectivity index (χ0) is 20.0. The number of benzene rings is 1. The zero-order valence-corrected chi connectivity index (χ0v) is 15.6. The van der Waals surface area contributed by atoms with Gasteiger partial charge in [0.1, 0.15) is 11.6 Å². The first-order chi connectivity index (χ1) is 12.7. The van der Waals surface area contributed by atoms with Gasteiger partial charge in [-0.05, 0) is 43.9 Å². The lowest BCUT2D eigenvalue weighted by Crippen LogP contribution is -2.40. The molecule has 0 aliphatic heterocycles. The molecule has 1 aromatic carbocycles. The summed E-state index contributed by atoms with van der Waals surface area (Å²) in [6, 6.07) is 1.81. The van der Waals surface area contributed by atoms with Crippen molar-refractivity contribution in [2.75, 3.05) is 19.7 Å². The van der Waals surface area contributed by atoms with Crippen molar-refractivity contribution >= 4 is 16.3 Å². The molecule has 0 radical (unpaired) electrons. The van der Waals surface area contributed by atoms with Crippen molar-refractivity contribution in [3.05, 3.63) is 47.2 Å². The first-order valence-electron chi connectivity index (χ1n) is 8.50. The molecule has 150 valence electrons. The number of hydrogen-bond donors (Lipinski definition) is 2. The number of halogens is 2. The molecular weight excluding hydrogens is 382 g/mol. The monoisotopic (exact) mass is 404 g/mol. The van der Waals surface area contributed by atoms with Crippen molar-refractivity contribution in [2.24, 2.45) is 0 Å². The van der Waals surface area contributed by atoms with Gasteiger partial charge in [-0.25, -0.2) is 8.78 Å². The molecular formula is C17H22F2N2O5S. The van der Waals surface area contributed by atoms with Crippen LogP contribution in [0.2, 0.25) is 0 Å². The van der Waals surface area contributed by atoms with E-state index in [2.05, 4.69) is 5.32 Å². The third-order valence-electron chi connectivity index (χ3n) is 4.05. The predicted octanol–water partition coefficient (Wildman–Crippen LogP) is 2.33. The van der Waals surface area contributed by atoms with Gasteiger partial charge in [-0.1, -0.05) is 6.08 Å². The predicted molar refractivity (Wildman–Crippen MR) is 93.9 cm³/mol. The van der Waals surface area contributed by atoms with Gasteiger partial charge in [-0.2, -0.15) is 8.42 Å². The molecule has 7 nitrogen and oxygen atoms in total. The fourth-order valence-corrected chi connectivity index (χ4v) is 3.69. The minimum absolute atomic E-state index is 0.101. The molecule has 1 atom stereocenters. The number of rotatable bonds is 9. The molecule has 0 saturated heterocycles. The fraction of sp³-hybridized carbons (Fsp3) is 0.471. The van der Waals surface area contributed by atoms with Gasteiger partial charge >= 0.3 is 16.3 Å². The molecule has 0 unspecified atom stereocenters. The van der Waals surface area contributed by atoms with Crippen LogP contribution in [0.4, 0.5) is 8.78 Å². The van der Waals surface area contributed by atoms with Crippen molar-refractivity contribution < 1.29 is 31.3 Å². The lowest BCUT2D eigenvalue weighted by atomic mass is 10.1. The molecule has 0 amide bonds. The summed E-state index contributed by atoms with van der Waals surface area (Å²) in [5.74, 6) is -2.28. The smallest absolute Gasteiger partial charge is 0.359 e. The van der Waals surface area contributed by atoms with E-state index in [4.69, 9.17) is 4.74 Å². The average Bonchev–Trinajstić information content (AvgIpc) is 3.07. The molecule has 1 aliphatic carbocycles. The molecule has 1 aromatic rings.